The molecule has 1 saturated carbocycles. The summed E-state index contributed by atoms with van der Waals surface area (Å²) < 4.78 is 7.97. The summed E-state index contributed by atoms with van der Waals surface area (Å²) >= 11 is 0. The Morgan fingerprint density at radius 3 is 2.95 bits per heavy atom. The molecule has 1 saturated heterocycles. The van der Waals surface area contributed by atoms with Crippen LogP contribution < -0.4 is 15.5 Å². The number of aromatic nitrogens is 4. The molecule has 9 nitrogen and oxygen atoms in total. The molecular formula is C29H35N7O2. The first-order chi connectivity index (χ1) is 18.7. The van der Waals surface area contributed by atoms with Crippen molar-refractivity contribution in [1.29, 1.82) is 0 Å². The van der Waals surface area contributed by atoms with Crippen LogP contribution in [0.5, 0.6) is 0 Å². The van der Waals surface area contributed by atoms with Gasteiger partial charge >= 0.3 is 0 Å². The van der Waals surface area contributed by atoms with Crippen LogP contribution in [0.3, 0.4) is 0 Å². The number of carbonyl (C=O) groups excluding carboxylic acids is 1. The van der Waals surface area contributed by atoms with Gasteiger partial charge in [0.05, 0.1) is 18.1 Å². The van der Waals surface area contributed by atoms with E-state index in [9.17, 15) is 4.79 Å². The van der Waals surface area contributed by atoms with Gasteiger partial charge in [-0.15, -0.1) is 0 Å². The minimum absolute atomic E-state index is 0.116. The minimum atomic E-state index is -0.116. The van der Waals surface area contributed by atoms with Crippen molar-refractivity contribution < 1.29 is 9.21 Å². The summed E-state index contributed by atoms with van der Waals surface area (Å²) in [6.45, 7) is 2.16. The zero-order valence-corrected chi connectivity index (χ0v) is 21.8. The summed E-state index contributed by atoms with van der Waals surface area (Å²) in [6.07, 6.45) is 14.0. The Balaban J connectivity index is 1.11. The van der Waals surface area contributed by atoms with Crippen molar-refractivity contribution in [2.75, 3.05) is 30.4 Å². The number of hydrogen-bond donors (Lipinski definition) is 2. The van der Waals surface area contributed by atoms with Crippen molar-refractivity contribution in [3.63, 3.8) is 0 Å². The first-order valence-corrected chi connectivity index (χ1v) is 13.8. The molecule has 2 fully saturated rings. The van der Waals surface area contributed by atoms with E-state index in [0.717, 1.165) is 30.7 Å². The second kappa shape index (κ2) is 10.8. The van der Waals surface area contributed by atoms with Crippen molar-refractivity contribution in [3.8, 4) is 11.3 Å². The third kappa shape index (κ3) is 5.23. The number of hydrogen-bond acceptors (Lipinski definition) is 7. The smallest absolute Gasteiger partial charge is 0.295 e. The Bertz CT molecular complexity index is 1400. The molecule has 0 radical (unpaired) electrons. The summed E-state index contributed by atoms with van der Waals surface area (Å²) in [6, 6.07) is 12.6. The number of amides is 1. The molecule has 2 aliphatic rings. The molecule has 2 N–H and O–H groups in total. The van der Waals surface area contributed by atoms with Gasteiger partial charge in [-0.25, -0.2) is 14.5 Å². The highest BCUT2D eigenvalue weighted by Crippen LogP contribution is 2.36. The van der Waals surface area contributed by atoms with Crippen LogP contribution >= 0.6 is 0 Å². The average molecular weight is 514 g/mol. The normalized spacial score (nSPS) is 21.9. The van der Waals surface area contributed by atoms with Crippen molar-refractivity contribution in [1.82, 2.24) is 24.9 Å². The molecule has 1 aromatic carbocycles. The number of rotatable bonds is 7. The quantitative estimate of drug-likeness (QED) is 0.358. The lowest BCUT2D eigenvalue weighted by atomic mass is 9.77. The molecule has 3 aromatic heterocycles. The number of nitrogens with zero attached hydrogens (tertiary/aromatic N) is 5. The van der Waals surface area contributed by atoms with Crippen molar-refractivity contribution in [2.45, 2.75) is 51.0 Å². The summed E-state index contributed by atoms with van der Waals surface area (Å²) in [5.41, 5.74) is 3.55. The number of fused-ring (bicyclic) bond motifs is 1. The maximum atomic E-state index is 12.0. The topological polar surface area (TPSA) is 101 Å². The number of piperidine rings is 1. The number of nitrogens with one attached hydrogen (secondary N) is 2. The largest absolute Gasteiger partial charge is 0.424 e. The number of benzene rings is 1. The molecule has 9 heteroatoms. The van der Waals surface area contributed by atoms with E-state index in [4.69, 9.17) is 4.42 Å². The van der Waals surface area contributed by atoms with E-state index < -0.39 is 0 Å². The van der Waals surface area contributed by atoms with Gasteiger partial charge in [0.25, 0.3) is 11.9 Å². The molecule has 38 heavy (non-hydrogen) atoms. The third-order valence-electron chi connectivity index (χ3n) is 8.14. The third-order valence-corrected chi connectivity index (χ3v) is 8.14. The standard InChI is InChI=1S/C29H35N7O2/c1-30-28(37)23-9-4-8-22(15-23)26-16-31-29(38-26)34-25-10-3-2-7-21(25)14-20-6-5-13-35(17-20)24-11-12-27-32-19-33-36(27)18-24/h4,8-9,11-12,15-16,18-21,25H,2-3,5-7,10,13-14,17H2,1H3,(H,30,37)(H,31,34)/t20-,21+,25-/m1/s1. The van der Waals surface area contributed by atoms with Gasteiger partial charge in [0.15, 0.2) is 11.4 Å². The van der Waals surface area contributed by atoms with E-state index in [2.05, 4.69) is 42.9 Å². The van der Waals surface area contributed by atoms with Crippen LogP contribution in [0.15, 0.2) is 59.5 Å². The number of oxazole rings is 1. The fourth-order valence-electron chi connectivity index (χ4n) is 6.18. The first kappa shape index (κ1) is 24.5. The molecule has 1 aliphatic heterocycles. The molecule has 1 amide bonds. The SMILES string of the molecule is CNC(=O)c1cccc(-c2cnc(N[C@@H]3CCCC[C@H]3C[C@H]3CCCN(c4ccc5ncnn5c4)C3)o2)c1. The Labute approximate surface area is 222 Å². The molecule has 3 atom stereocenters. The predicted octanol–water partition coefficient (Wildman–Crippen LogP) is 5.02. The highest BCUT2D eigenvalue weighted by atomic mass is 16.4. The second-order valence-corrected chi connectivity index (χ2v) is 10.6. The van der Waals surface area contributed by atoms with Gasteiger partial charge in [0.2, 0.25) is 0 Å². The van der Waals surface area contributed by atoms with E-state index in [1.165, 1.54) is 44.2 Å². The fourth-order valence-corrected chi connectivity index (χ4v) is 6.18. The molecule has 4 aromatic rings. The van der Waals surface area contributed by atoms with Crippen LogP contribution in [0.2, 0.25) is 0 Å². The molecule has 198 valence electrons. The van der Waals surface area contributed by atoms with Crippen LogP contribution in [-0.4, -0.2) is 51.7 Å². The van der Waals surface area contributed by atoms with Gasteiger partial charge in [0, 0.05) is 37.3 Å². The van der Waals surface area contributed by atoms with Crippen molar-refractivity contribution in [3.05, 3.63) is 60.7 Å². The zero-order valence-electron chi connectivity index (χ0n) is 21.8. The first-order valence-electron chi connectivity index (χ1n) is 13.8. The van der Waals surface area contributed by atoms with E-state index in [1.807, 2.05) is 28.8 Å². The van der Waals surface area contributed by atoms with Gasteiger partial charge in [-0.2, -0.15) is 5.10 Å². The monoisotopic (exact) mass is 513 g/mol. The molecule has 1 aliphatic carbocycles. The molecule has 0 bridgehead atoms. The van der Waals surface area contributed by atoms with Crippen LogP contribution in [0.4, 0.5) is 11.7 Å². The summed E-state index contributed by atoms with van der Waals surface area (Å²) in [5.74, 6) is 1.81. The van der Waals surface area contributed by atoms with Gasteiger partial charge < -0.3 is 20.0 Å². The minimum Gasteiger partial charge on any atom is -0.424 e. The van der Waals surface area contributed by atoms with Gasteiger partial charge in [-0.3, -0.25) is 4.79 Å². The fraction of sp³-hybridized carbons (Fsp3) is 0.448. The second-order valence-electron chi connectivity index (χ2n) is 10.6. The maximum absolute atomic E-state index is 12.0. The lowest BCUT2D eigenvalue weighted by Gasteiger charge is -2.39. The highest BCUT2D eigenvalue weighted by Gasteiger charge is 2.31. The van der Waals surface area contributed by atoms with Crippen molar-refractivity contribution >= 4 is 23.3 Å². The molecular weight excluding hydrogens is 478 g/mol. The lowest BCUT2D eigenvalue weighted by molar-refractivity contribution is 0.0963. The number of anilines is 2. The molecule has 6 rings (SSSR count). The maximum Gasteiger partial charge on any atom is 0.295 e. The predicted molar refractivity (Wildman–Crippen MR) is 147 cm³/mol. The number of pyridine rings is 1. The molecule has 0 spiro atoms. The van der Waals surface area contributed by atoms with Crippen LogP contribution in [0.1, 0.15) is 55.3 Å². The van der Waals surface area contributed by atoms with Gasteiger partial charge in [0.1, 0.15) is 6.33 Å². The van der Waals surface area contributed by atoms with E-state index in [1.54, 1.807) is 25.6 Å². The molecule has 0 unspecified atom stereocenters. The lowest BCUT2D eigenvalue weighted by Crippen LogP contribution is -2.39. The average Bonchev–Trinajstić information content (AvgIpc) is 3.63. The summed E-state index contributed by atoms with van der Waals surface area (Å²) in [7, 11) is 1.63. The van der Waals surface area contributed by atoms with Crippen LogP contribution in [-0.2, 0) is 0 Å². The Kier molecular flexibility index (Phi) is 6.98. The Morgan fingerprint density at radius 2 is 2.03 bits per heavy atom. The van der Waals surface area contributed by atoms with Crippen molar-refractivity contribution in [2.24, 2.45) is 11.8 Å². The van der Waals surface area contributed by atoms with Gasteiger partial charge in [-0.1, -0.05) is 25.0 Å². The Hall–Kier alpha value is -3.88. The highest BCUT2D eigenvalue weighted by molar-refractivity contribution is 5.95. The zero-order chi connectivity index (χ0) is 25.9. The van der Waals surface area contributed by atoms with E-state index >= 15 is 0 Å². The van der Waals surface area contributed by atoms with Crippen LogP contribution in [0.25, 0.3) is 17.0 Å². The van der Waals surface area contributed by atoms with Gasteiger partial charge in [-0.05, 0) is 68.2 Å². The van der Waals surface area contributed by atoms with E-state index in [0.29, 0.717) is 35.2 Å². The summed E-state index contributed by atoms with van der Waals surface area (Å²) in [4.78, 5) is 23.3. The number of carbonyl (C=O) groups is 1. The van der Waals surface area contributed by atoms with E-state index in [-0.39, 0.29) is 5.91 Å². The Morgan fingerprint density at radius 1 is 1.11 bits per heavy atom. The van der Waals surface area contributed by atoms with Crippen LogP contribution in [0, 0.1) is 11.8 Å². The summed E-state index contributed by atoms with van der Waals surface area (Å²) in [5, 5.41) is 10.6. The molecule has 4 heterocycles.